The Kier molecular flexibility index (Phi) is 7.22. The van der Waals surface area contributed by atoms with E-state index in [0.29, 0.717) is 18.2 Å². The second kappa shape index (κ2) is 9.40. The van der Waals surface area contributed by atoms with Gasteiger partial charge >= 0.3 is 6.03 Å². The molecule has 0 heterocycles. The Hall–Kier alpha value is -1.91. The molecule has 0 bridgehead atoms. The van der Waals surface area contributed by atoms with E-state index in [9.17, 15) is 9.90 Å². The number of benzene rings is 1. The molecule has 1 aromatic carbocycles. The summed E-state index contributed by atoms with van der Waals surface area (Å²) < 4.78 is 5.03. The van der Waals surface area contributed by atoms with Crippen LogP contribution in [0.2, 0.25) is 0 Å². The number of carbonyl (C=O) groups excluding carboxylic acids is 1. The van der Waals surface area contributed by atoms with Crippen molar-refractivity contribution < 1.29 is 14.6 Å². The van der Waals surface area contributed by atoms with Crippen molar-refractivity contribution in [1.82, 2.24) is 10.2 Å². The van der Waals surface area contributed by atoms with Crippen molar-refractivity contribution in [2.45, 2.75) is 51.5 Å². The van der Waals surface area contributed by atoms with Crippen LogP contribution in [-0.2, 0) is 6.54 Å². The first-order valence-corrected chi connectivity index (χ1v) is 8.95. The van der Waals surface area contributed by atoms with Gasteiger partial charge in [0.15, 0.2) is 11.5 Å². The van der Waals surface area contributed by atoms with Gasteiger partial charge in [0.25, 0.3) is 0 Å². The number of carbonyl (C=O) groups is 1. The molecule has 24 heavy (non-hydrogen) atoms. The number of rotatable bonds is 5. The van der Waals surface area contributed by atoms with E-state index < -0.39 is 0 Å². The lowest BCUT2D eigenvalue weighted by atomic mass is 9.91. The molecule has 5 heteroatoms. The Morgan fingerprint density at radius 2 is 1.92 bits per heavy atom. The number of aromatic hydroxyl groups is 1. The first-order chi connectivity index (χ1) is 11.6. The van der Waals surface area contributed by atoms with Gasteiger partial charge in [0.2, 0.25) is 0 Å². The molecule has 1 fully saturated rings. The van der Waals surface area contributed by atoms with E-state index in [1.807, 2.05) is 6.07 Å². The molecule has 0 atom stereocenters. The predicted molar refractivity (Wildman–Crippen MR) is 95.3 cm³/mol. The van der Waals surface area contributed by atoms with Crippen LogP contribution in [0.3, 0.4) is 0 Å². The fourth-order valence-electron chi connectivity index (χ4n) is 3.29. The number of methoxy groups -OCH3 is 1. The maximum Gasteiger partial charge on any atom is 0.317 e. The summed E-state index contributed by atoms with van der Waals surface area (Å²) in [7, 11) is 3.29. The summed E-state index contributed by atoms with van der Waals surface area (Å²) in [5.41, 5.74) is 0.872. The van der Waals surface area contributed by atoms with Crippen LogP contribution in [-0.4, -0.2) is 36.7 Å². The Morgan fingerprint density at radius 1 is 1.25 bits per heavy atom. The standard InChI is InChI=1S/C19H30N2O3/c1-21(14-16-10-11-18(24-2)17(22)12-16)19(23)20-13-15-8-6-4-3-5-7-9-15/h10-12,15,22H,3-9,13-14H2,1-2H3,(H,20,23). The molecule has 0 unspecified atom stereocenters. The zero-order chi connectivity index (χ0) is 17.4. The third-order valence-corrected chi connectivity index (χ3v) is 4.78. The first-order valence-electron chi connectivity index (χ1n) is 8.95. The quantitative estimate of drug-likeness (QED) is 0.858. The average Bonchev–Trinajstić information content (AvgIpc) is 2.53. The molecule has 1 saturated carbocycles. The number of hydrogen-bond donors (Lipinski definition) is 2. The molecule has 5 nitrogen and oxygen atoms in total. The van der Waals surface area contributed by atoms with E-state index in [2.05, 4.69) is 5.32 Å². The van der Waals surface area contributed by atoms with Crippen LogP contribution in [0.25, 0.3) is 0 Å². The van der Waals surface area contributed by atoms with E-state index in [1.165, 1.54) is 52.1 Å². The van der Waals surface area contributed by atoms with Crippen LogP contribution >= 0.6 is 0 Å². The smallest absolute Gasteiger partial charge is 0.317 e. The molecule has 0 aromatic heterocycles. The van der Waals surface area contributed by atoms with Crippen LogP contribution in [0.1, 0.15) is 50.5 Å². The van der Waals surface area contributed by atoms with E-state index >= 15 is 0 Å². The summed E-state index contributed by atoms with van der Waals surface area (Å²) >= 11 is 0. The molecule has 2 N–H and O–H groups in total. The highest BCUT2D eigenvalue weighted by Gasteiger charge is 2.15. The second-order valence-electron chi connectivity index (χ2n) is 6.76. The average molecular weight is 334 g/mol. The molecule has 134 valence electrons. The molecule has 0 radical (unpaired) electrons. The highest BCUT2D eigenvalue weighted by Crippen LogP contribution is 2.26. The minimum absolute atomic E-state index is 0.0626. The van der Waals surface area contributed by atoms with Crippen LogP contribution < -0.4 is 10.1 Å². The number of hydrogen-bond acceptors (Lipinski definition) is 3. The topological polar surface area (TPSA) is 61.8 Å². The molecular formula is C19H30N2O3. The van der Waals surface area contributed by atoms with Gasteiger partial charge in [-0.15, -0.1) is 0 Å². The van der Waals surface area contributed by atoms with Crippen LogP contribution in [0, 0.1) is 5.92 Å². The predicted octanol–water partition coefficient (Wildman–Crippen LogP) is 3.90. The van der Waals surface area contributed by atoms with Gasteiger partial charge in [-0.25, -0.2) is 4.79 Å². The summed E-state index contributed by atoms with van der Waals surface area (Å²) in [6, 6.07) is 5.15. The van der Waals surface area contributed by atoms with Crippen molar-refractivity contribution in [2.75, 3.05) is 20.7 Å². The number of urea groups is 1. The molecule has 1 aliphatic carbocycles. The first kappa shape index (κ1) is 18.4. The monoisotopic (exact) mass is 334 g/mol. The molecular weight excluding hydrogens is 304 g/mol. The van der Waals surface area contributed by atoms with E-state index in [4.69, 9.17) is 4.74 Å². The molecule has 1 aromatic rings. The minimum Gasteiger partial charge on any atom is -0.504 e. The Balaban J connectivity index is 1.79. The number of phenolic OH excluding ortho intramolecular Hbond substituents is 1. The molecule has 0 saturated heterocycles. The Bertz CT molecular complexity index is 525. The van der Waals surface area contributed by atoms with E-state index in [1.54, 1.807) is 24.1 Å². The molecule has 0 spiro atoms. The van der Waals surface area contributed by atoms with Crippen LogP contribution in [0.15, 0.2) is 18.2 Å². The van der Waals surface area contributed by atoms with Crippen molar-refractivity contribution in [3.05, 3.63) is 23.8 Å². The van der Waals surface area contributed by atoms with Gasteiger partial charge in [-0.1, -0.05) is 38.2 Å². The van der Waals surface area contributed by atoms with Crippen LogP contribution in [0.5, 0.6) is 11.5 Å². The molecule has 2 amide bonds. The zero-order valence-electron chi connectivity index (χ0n) is 14.9. The lowest BCUT2D eigenvalue weighted by molar-refractivity contribution is 0.203. The summed E-state index contributed by atoms with van der Waals surface area (Å²) in [6.07, 6.45) is 9.00. The number of nitrogens with zero attached hydrogens (tertiary/aromatic N) is 1. The van der Waals surface area contributed by atoms with Gasteiger partial charge in [0.1, 0.15) is 0 Å². The largest absolute Gasteiger partial charge is 0.504 e. The minimum atomic E-state index is -0.0626. The lowest BCUT2D eigenvalue weighted by Gasteiger charge is -2.23. The fraction of sp³-hybridized carbons (Fsp3) is 0.632. The lowest BCUT2D eigenvalue weighted by Crippen LogP contribution is -2.39. The van der Waals surface area contributed by atoms with Gasteiger partial charge in [-0.05, 0) is 36.5 Å². The molecule has 0 aliphatic heterocycles. The normalized spacial score (nSPS) is 16.1. The van der Waals surface area contributed by atoms with Gasteiger partial charge in [0.05, 0.1) is 7.11 Å². The van der Waals surface area contributed by atoms with Crippen LogP contribution in [0.4, 0.5) is 4.79 Å². The Morgan fingerprint density at radius 3 is 2.54 bits per heavy atom. The van der Waals surface area contributed by atoms with E-state index in [-0.39, 0.29) is 11.8 Å². The summed E-state index contributed by atoms with van der Waals surface area (Å²) in [5, 5.41) is 12.9. The fourth-order valence-corrected chi connectivity index (χ4v) is 3.29. The summed E-state index contributed by atoms with van der Waals surface area (Å²) in [6.45, 7) is 1.21. The van der Waals surface area contributed by atoms with Crippen molar-refractivity contribution in [3.8, 4) is 11.5 Å². The maximum atomic E-state index is 12.3. The van der Waals surface area contributed by atoms with Gasteiger partial charge in [-0.3, -0.25) is 0 Å². The van der Waals surface area contributed by atoms with Crippen molar-refractivity contribution in [3.63, 3.8) is 0 Å². The third kappa shape index (κ3) is 5.62. The highest BCUT2D eigenvalue weighted by atomic mass is 16.5. The molecule has 1 aliphatic rings. The highest BCUT2D eigenvalue weighted by molar-refractivity contribution is 5.73. The maximum absolute atomic E-state index is 12.3. The zero-order valence-corrected chi connectivity index (χ0v) is 14.9. The number of nitrogens with one attached hydrogen (secondary N) is 1. The van der Waals surface area contributed by atoms with Gasteiger partial charge < -0.3 is 20.1 Å². The van der Waals surface area contributed by atoms with Crippen molar-refractivity contribution in [2.24, 2.45) is 5.92 Å². The molecule has 2 rings (SSSR count). The number of ether oxygens (including phenoxy) is 1. The Labute approximate surface area is 145 Å². The third-order valence-electron chi connectivity index (χ3n) is 4.78. The van der Waals surface area contributed by atoms with Gasteiger partial charge in [-0.2, -0.15) is 0 Å². The second-order valence-corrected chi connectivity index (χ2v) is 6.76. The van der Waals surface area contributed by atoms with Crippen molar-refractivity contribution in [1.29, 1.82) is 0 Å². The number of amides is 2. The number of phenols is 1. The van der Waals surface area contributed by atoms with Gasteiger partial charge in [0, 0.05) is 20.1 Å². The summed E-state index contributed by atoms with van der Waals surface area (Å²) in [5.74, 6) is 1.14. The van der Waals surface area contributed by atoms with E-state index in [0.717, 1.165) is 12.1 Å². The summed E-state index contributed by atoms with van der Waals surface area (Å²) in [4.78, 5) is 13.9. The van der Waals surface area contributed by atoms with Crippen molar-refractivity contribution >= 4 is 6.03 Å². The SMILES string of the molecule is COc1ccc(CN(C)C(=O)NCC2CCCCCCC2)cc1O.